The van der Waals surface area contributed by atoms with E-state index in [9.17, 15) is 5.11 Å². The van der Waals surface area contributed by atoms with Crippen molar-refractivity contribution in [3.05, 3.63) is 12.7 Å². The van der Waals surface area contributed by atoms with Gasteiger partial charge in [0.25, 0.3) is 0 Å². The summed E-state index contributed by atoms with van der Waals surface area (Å²) in [7, 11) is 0. The van der Waals surface area contributed by atoms with Crippen LogP contribution in [0.15, 0.2) is 12.7 Å². The number of rotatable bonds is 3. The lowest BCUT2D eigenvalue weighted by Gasteiger charge is -2.24. The predicted octanol–water partition coefficient (Wildman–Crippen LogP) is 2.36. The van der Waals surface area contributed by atoms with Gasteiger partial charge >= 0.3 is 0 Å². The molecule has 2 fully saturated rings. The standard InChI is InChI=1S/C11H18O/c1-2-3-4-8-5-10-6-9(8)7-11(10)12/h2,8-12H,1,3-7H2. The van der Waals surface area contributed by atoms with E-state index in [1.54, 1.807) is 0 Å². The molecule has 0 aliphatic heterocycles. The van der Waals surface area contributed by atoms with Crippen LogP contribution in [-0.2, 0) is 0 Å². The van der Waals surface area contributed by atoms with E-state index in [0.717, 1.165) is 24.7 Å². The van der Waals surface area contributed by atoms with Gasteiger partial charge in [-0.2, -0.15) is 0 Å². The quantitative estimate of drug-likeness (QED) is 0.638. The largest absolute Gasteiger partial charge is 0.393 e. The molecule has 0 heterocycles. The van der Waals surface area contributed by atoms with E-state index in [-0.39, 0.29) is 6.10 Å². The van der Waals surface area contributed by atoms with E-state index in [4.69, 9.17) is 0 Å². The third kappa shape index (κ3) is 1.31. The second kappa shape index (κ2) is 3.21. The van der Waals surface area contributed by atoms with Crippen LogP contribution in [0.3, 0.4) is 0 Å². The second-order valence-corrected chi connectivity index (χ2v) is 4.42. The predicted molar refractivity (Wildman–Crippen MR) is 49.8 cm³/mol. The molecule has 2 saturated carbocycles. The van der Waals surface area contributed by atoms with Crippen molar-refractivity contribution < 1.29 is 5.11 Å². The Hall–Kier alpha value is -0.300. The summed E-state index contributed by atoms with van der Waals surface area (Å²) in [6, 6.07) is 0. The molecular weight excluding hydrogens is 148 g/mol. The average molecular weight is 166 g/mol. The fourth-order valence-corrected chi connectivity index (χ4v) is 3.05. The van der Waals surface area contributed by atoms with E-state index in [1.165, 1.54) is 19.3 Å². The fraction of sp³-hybridized carbons (Fsp3) is 0.818. The fourth-order valence-electron chi connectivity index (χ4n) is 3.05. The molecule has 0 aromatic rings. The third-order valence-corrected chi connectivity index (χ3v) is 3.71. The summed E-state index contributed by atoms with van der Waals surface area (Å²) in [6.45, 7) is 3.75. The molecule has 1 nitrogen and oxygen atoms in total. The third-order valence-electron chi connectivity index (χ3n) is 3.71. The van der Waals surface area contributed by atoms with Crippen molar-refractivity contribution in [3.8, 4) is 0 Å². The molecular formula is C11H18O. The van der Waals surface area contributed by atoms with Crippen molar-refractivity contribution in [3.63, 3.8) is 0 Å². The van der Waals surface area contributed by atoms with Crippen LogP contribution >= 0.6 is 0 Å². The summed E-state index contributed by atoms with van der Waals surface area (Å²) in [4.78, 5) is 0. The molecule has 0 aromatic heterocycles. The molecule has 2 bridgehead atoms. The van der Waals surface area contributed by atoms with Crippen LogP contribution in [0.5, 0.6) is 0 Å². The molecule has 68 valence electrons. The first kappa shape index (κ1) is 8.31. The lowest BCUT2D eigenvalue weighted by molar-refractivity contribution is 0.0934. The van der Waals surface area contributed by atoms with Crippen molar-refractivity contribution in [2.24, 2.45) is 17.8 Å². The molecule has 4 atom stereocenters. The van der Waals surface area contributed by atoms with Gasteiger partial charge in [-0.3, -0.25) is 0 Å². The van der Waals surface area contributed by atoms with Crippen molar-refractivity contribution in [1.29, 1.82) is 0 Å². The van der Waals surface area contributed by atoms with E-state index in [2.05, 4.69) is 6.58 Å². The minimum absolute atomic E-state index is 0.0370. The zero-order valence-corrected chi connectivity index (χ0v) is 7.58. The number of aliphatic hydroxyl groups is 1. The number of fused-ring (bicyclic) bond motifs is 2. The highest BCUT2D eigenvalue weighted by molar-refractivity contribution is 4.95. The molecule has 2 rings (SSSR count). The molecule has 4 unspecified atom stereocenters. The van der Waals surface area contributed by atoms with Crippen LogP contribution in [0.2, 0.25) is 0 Å². The molecule has 1 heteroatoms. The van der Waals surface area contributed by atoms with Gasteiger partial charge in [-0.05, 0) is 49.9 Å². The van der Waals surface area contributed by atoms with Crippen LogP contribution < -0.4 is 0 Å². The van der Waals surface area contributed by atoms with Gasteiger partial charge in [0.1, 0.15) is 0 Å². The second-order valence-electron chi connectivity index (χ2n) is 4.42. The van der Waals surface area contributed by atoms with Gasteiger partial charge in [0.2, 0.25) is 0 Å². The van der Waals surface area contributed by atoms with Crippen LogP contribution in [0, 0.1) is 17.8 Å². The molecule has 1 N–H and O–H groups in total. The summed E-state index contributed by atoms with van der Waals surface area (Å²) >= 11 is 0. The Morgan fingerprint density at radius 3 is 2.58 bits per heavy atom. The van der Waals surface area contributed by atoms with E-state index < -0.39 is 0 Å². The summed E-state index contributed by atoms with van der Waals surface area (Å²) in [5.74, 6) is 2.38. The lowest BCUT2D eigenvalue weighted by Crippen LogP contribution is -2.21. The van der Waals surface area contributed by atoms with Gasteiger partial charge in [0, 0.05) is 0 Å². The number of hydrogen-bond donors (Lipinski definition) is 1. The summed E-state index contributed by atoms with van der Waals surface area (Å²) < 4.78 is 0. The van der Waals surface area contributed by atoms with Gasteiger partial charge in [-0.1, -0.05) is 6.08 Å². The summed E-state index contributed by atoms with van der Waals surface area (Å²) in [6.07, 6.45) is 8.16. The van der Waals surface area contributed by atoms with Crippen LogP contribution in [0.1, 0.15) is 32.1 Å². The molecule has 0 radical (unpaired) electrons. The van der Waals surface area contributed by atoms with Crippen molar-refractivity contribution in [2.45, 2.75) is 38.2 Å². The molecule has 2 aliphatic carbocycles. The topological polar surface area (TPSA) is 20.2 Å². The van der Waals surface area contributed by atoms with Crippen LogP contribution in [-0.4, -0.2) is 11.2 Å². The molecule has 0 spiro atoms. The normalized spacial score (nSPS) is 45.1. The van der Waals surface area contributed by atoms with Crippen LogP contribution in [0.4, 0.5) is 0 Å². The monoisotopic (exact) mass is 166 g/mol. The van der Waals surface area contributed by atoms with E-state index in [1.807, 2.05) is 6.08 Å². The van der Waals surface area contributed by atoms with Crippen molar-refractivity contribution in [2.75, 3.05) is 0 Å². The highest BCUT2D eigenvalue weighted by Crippen LogP contribution is 2.49. The Bertz CT molecular complexity index is 174. The van der Waals surface area contributed by atoms with Crippen molar-refractivity contribution >= 4 is 0 Å². The minimum Gasteiger partial charge on any atom is -0.393 e. The molecule has 0 amide bonds. The first-order valence-electron chi connectivity index (χ1n) is 5.10. The zero-order valence-electron chi connectivity index (χ0n) is 7.58. The molecule has 0 saturated heterocycles. The van der Waals surface area contributed by atoms with Gasteiger partial charge < -0.3 is 5.11 Å². The maximum atomic E-state index is 9.54. The zero-order chi connectivity index (χ0) is 8.55. The minimum atomic E-state index is 0.0370. The highest BCUT2D eigenvalue weighted by Gasteiger charge is 2.44. The maximum Gasteiger partial charge on any atom is 0.0571 e. The van der Waals surface area contributed by atoms with Gasteiger partial charge in [0.15, 0.2) is 0 Å². The van der Waals surface area contributed by atoms with Gasteiger partial charge in [0.05, 0.1) is 6.10 Å². The lowest BCUT2D eigenvalue weighted by atomic mass is 9.84. The Morgan fingerprint density at radius 1 is 1.25 bits per heavy atom. The molecule has 0 aromatic carbocycles. The Balaban J connectivity index is 1.85. The maximum absolute atomic E-state index is 9.54. The van der Waals surface area contributed by atoms with Gasteiger partial charge in [-0.15, -0.1) is 6.58 Å². The SMILES string of the molecule is C=CCCC1CC2CC1CC2O. The first-order chi connectivity index (χ1) is 5.81. The molecule has 2 aliphatic rings. The molecule has 12 heavy (non-hydrogen) atoms. The number of hydrogen-bond acceptors (Lipinski definition) is 1. The Kier molecular flexibility index (Phi) is 2.22. The van der Waals surface area contributed by atoms with Gasteiger partial charge in [-0.25, -0.2) is 0 Å². The summed E-state index contributed by atoms with van der Waals surface area (Å²) in [5.41, 5.74) is 0. The first-order valence-corrected chi connectivity index (χ1v) is 5.10. The van der Waals surface area contributed by atoms with E-state index in [0.29, 0.717) is 5.92 Å². The number of allylic oxidation sites excluding steroid dienone is 1. The Morgan fingerprint density at radius 2 is 2.08 bits per heavy atom. The smallest absolute Gasteiger partial charge is 0.0571 e. The highest BCUT2D eigenvalue weighted by atomic mass is 16.3. The Labute approximate surface area is 74.5 Å². The average Bonchev–Trinajstić information content (AvgIpc) is 2.58. The van der Waals surface area contributed by atoms with E-state index >= 15 is 0 Å². The number of aliphatic hydroxyl groups excluding tert-OH is 1. The van der Waals surface area contributed by atoms with Crippen LogP contribution in [0.25, 0.3) is 0 Å². The summed E-state index contributed by atoms with van der Waals surface area (Å²) in [5, 5.41) is 9.54. The van der Waals surface area contributed by atoms with Crippen molar-refractivity contribution in [1.82, 2.24) is 0 Å².